The highest BCUT2D eigenvalue weighted by atomic mass is 16.2. The molecule has 1 unspecified atom stereocenters. The lowest BCUT2D eigenvalue weighted by atomic mass is 10.2. The third-order valence-corrected chi connectivity index (χ3v) is 3.75. The summed E-state index contributed by atoms with van der Waals surface area (Å²) in [4.78, 5) is 26.8. The summed E-state index contributed by atoms with van der Waals surface area (Å²) in [5.74, 6) is -0.358. The van der Waals surface area contributed by atoms with Crippen molar-refractivity contribution in [3.63, 3.8) is 0 Å². The van der Waals surface area contributed by atoms with Crippen molar-refractivity contribution in [1.82, 2.24) is 10.2 Å². The maximum Gasteiger partial charge on any atom is 0.318 e. The average Bonchev–Trinajstić information content (AvgIpc) is 2.47. The fourth-order valence-electron chi connectivity index (χ4n) is 2.44. The number of nitrogens with one attached hydrogen (secondary N) is 1. The second kappa shape index (κ2) is 6.45. The minimum atomic E-state index is -0.813. The van der Waals surface area contributed by atoms with E-state index in [0.29, 0.717) is 0 Å². The van der Waals surface area contributed by atoms with Gasteiger partial charge in [-0.3, -0.25) is 15.0 Å². The highest BCUT2D eigenvalue weighted by Gasteiger charge is 2.26. The predicted molar refractivity (Wildman–Crippen MR) is 81.8 cm³/mol. The van der Waals surface area contributed by atoms with Gasteiger partial charge in [0.1, 0.15) is 0 Å². The van der Waals surface area contributed by atoms with Crippen molar-refractivity contribution < 1.29 is 9.59 Å². The zero-order valence-electron chi connectivity index (χ0n) is 12.1. The number of imide groups is 1. The Morgan fingerprint density at radius 2 is 1.71 bits per heavy atom. The summed E-state index contributed by atoms with van der Waals surface area (Å²) in [7, 11) is 0. The van der Waals surface area contributed by atoms with Crippen LogP contribution in [0.2, 0.25) is 0 Å². The van der Waals surface area contributed by atoms with Crippen LogP contribution in [-0.2, 0) is 4.79 Å². The maximum absolute atomic E-state index is 11.8. The van der Waals surface area contributed by atoms with Crippen molar-refractivity contribution in [2.24, 2.45) is 5.73 Å². The number of amides is 3. The lowest BCUT2D eigenvalue weighted by Crippen LogP contribution is -2.55. The molecule has 21 heavy (non-hydrogen) atoms. The first-order valence-corrected chi connectivity index (χ1v) is 6.92. The summed E-state index contributed by atoms with van der Waals surface area (Å²) < 4.78 is 0. The molecule has 0 saturated carbocycles. The van der Waals surface area contributed by atoms with Crippen LogP contribution in [0.1, 0.15) is 6.92 Å². The second-order valence-electron chi connectivity index (χ2n) is 5.14. The summed E-state index contributed by atoms with van der Waals surface area (Å²) in [6.45, 7) is 4.91. The van der Waals surface area contributed by atoms with Crippen LogP contribution in [0, 0.1) is 0 Å². The molecule has 0 spiro atoms. The number of carbonyl (C=O) groups is 2. The molecule has 1 aromatic carbocycles. The van der Waals surface area contributed by atoms with E-state index in [-0.39, 0.29) is 11.9 Å². The molecule has 3 amide bonds. The number of urea groups is 1. The van der Waals surface area contributed by atoms with Gasteiger partial charge in [-0.15, -0.1) is 0 Å². The standard InChI is InChI=1S/C14H21N5O2/c1-10(13(20)17-14(16)21)18-6-8-19(9-7-18)12-4-2-11(15)3-5-12/h2-5,10H,6-9,15H2,1H3,(H3,16,17,20,21). The van der Waals surface area contributed by atoms with E-state index in [1.165, 1.54) is 0 Å². The first-order valence-electron chi connectivity index (χ1n) is 6.92. The average molecular weight is 291 g/mol. The highest BCUT2D eigenvalue weighted by molar-refractivity contribution is 5.96. The van der Waals surface area contributed by atoms with Crippen LogP contribution in [0.25, 0.3) is 0 Å². The number of piperazine rings is 1. The number of rotatable bonds is 3. The van der Waals surface area contributed by atoms with Gasteiger partial charge < -0.3 is 16.4 Å². The van der Waals surface area contributed by atoms with Crippen molar-refractivity contribution in [2.75, 3.05) is 36.8 Å². The monoisotopic (exact) mass is 291 g/mol. The van der Waals surface area contributed by atoms with E-state index in [4.69, 9.17) is 11.5 Å². The molecule has 1 atom stereocenters. The Morgan fingerprint density at radius 3 is 2.24 bits per heavy atom. The molecule has 0 bridgehead atoms. The number of primary amides is 1. The number of nitrogens with zero attached hydrogens (tertiary/aromatic N) is 2. The number of anilines is 2. The van der Waals surface area contributed by atoms with Gasteiger partial charge in [0.2, 0.25) is 5.91 Å². The number of nitrogen functional groups attached to an aromatic ring is 1. The Hall–Kier alpha value is -2.28. The molecule has 0 aliphatic carbocycles. The van der Waals surface area contributed by atoms with Crippen LogP contribution < -0.4 is 21.7 Å². The van der Waals surface area contributed by atoms with Gasteiger partial charge in [0.25, 0.3) is 0 Å². The minimum absolute atomic E-state index is 0.358. The van der Waals surface area contributed by atoms with Gasteiger partial charge in [-0.1, -0.05) is 0 Å². The molecule has 1 heterocycles. The third kappa shape index (κ3) is 3.85. The molecule has 0 aromatic heterocycles. The highest BCUT2D eigenvalue weighted by Crippen LogP contribution is 2.18. The van der Waals surface area contributed by atoms with Crippen molar-refractivity contribution >= 4 is 23.3 Å². The molecule has 1 fully saturated rings. The molecule has 1 aromatic rings. The molecule has 2 rings (SSSR count). The van der Waals surface area contributed by atoms with Gasteiger partial charge >= 0.3 is 6.03 Å². The maximum atomic E-state index is 11.8. The number of hydrogen-bond donors (Lipinski definition) is 3. The van der Waals surface area contributed by atoms with Gasteiger partial charge in [-0.25, -0.2) is 4.79 Å². The van der Waals surface area contributed by atoms with E-state index >= 15 is 0 Å². The van der Waals surface area contributed by atoms with Gasteiger partial charge in [0.15, 0.2) is 0 Å². The van der Waals surface area contributed by atoms with Crippen LogP contribution in [-0.4, -0.2) is 49.1 Å². The summed E-state index contributed by atoms with van der Waals surface area (Å²) in [6, 6.07) is 6.57. The van der Waals surface area contributed by atoms with Gasteiger partial charge in [-0.2, -0.15) is 0 Å². The first-order chi connectivity index (χ1) is 9.97. The van der Waals surface area contributed by atoms with E-state index < -0.39 is 6.03 Å². The predicted octanol–water partition coefficient (Wildman–Crippen LogP) is -0.0258. The van der Waals surface area contributed by atoms with E-state index in [9.17, 15) is 9.59 Å². The van der Waals surface area contributed by atoms with Crippen molar-refractivity contribution in [3.05, 3.63) is 24.3 Å². The lowest BCUT2D eigenvalue weighted by Gasteiger charge is -2.38. The first kappa shape index (κ1) is 15.1. The van der Waals surface area contributed by atoms with E-state index in [2.05, 4.69) is 10.2 Å². The SMILES string of the molecule is CC(C(=O)NC(N)=O)N1CCN(c2ccc(N)cc2)CC1. The summed E-state index contributed by atoms with van der Waals surface area (Å²) in [6.07, 6.45) is 0. The Balaban J connectivity index is 1.89. The summed E-state index contributed by atoms with van der Waals surface area (Å²) in [5, 5.41) is 2.12. The Bertz CT molecular complexity index is 509. The van der Waals surface area contributed by atoms with Crippen LogP contribution >= 0.6 is 0 Å². The van der Waals surface area contributed by atoms with E-state index in [0.717, 1.165) is 37.6 Å². The van der Waals surface area contributed by atoms with Crippen LogP contribution in [0.4, 0.5) is 16.2 Å². The Morgan fingerprint density at radius 1 is 1.14 bits per heavy atom. The second-order valence-corrected chi connectivity index (χ2v) is 5.14. The van der Waals surface area contributed by atoms with Gasteiger partial charge in [-0.05, 0) is 31.2 Å². The van der Waals surface area contributed by atoms with Crippen LogP contribution in [0.5, 0.6) is 0 Å². The number of nitrogens with two attached hydrogens (primary N) is 2. The van der Waals surface area contributed by atoms with Crippen molar-refractivity contribution in [2.45, 2.75) is 13.0 Å². The van der Waals surface area contributed by atoms with Gasteiger partial charge in [0.05, 0.1) is 6.04 Å². The fourth-order valence-corrected chi connectivity index (χ4v) is 2.44. The number of benzene rings is 1. The van der Waals surface area contributed by atoms with Crippen molar-refractivity contribution in [1.29, 1.82) is 0 Å². The van der Waals surface area contributed by atoms with Crippen molar-refractivity contribution in [3.8, 4) is 0 Å². The lowest BCUT2D eigenvalue weighted by molar-refractivity contribution is -0.124. The third-order valence-electron chi connectivity index (χ3n) is 3.75. The van der Waals surface area contributed by atoms with E-state index in [1.54, 1.807) is 6.92 Å². The largest absolute Gasteiger partial charge is 0.399 e. The zero-order valence-corrected chi connectivity index (χ0v) is 12.1. The number of carbonyl (C=O) groups excluding carboxylic acids is 2. The smallest absolute Gasteiger partial charge is 0.318 e. The fraction of sp³-hybridized carbons (Fsp3) is 0.429. The van der Waals surface area contributed by atoms with Crippen LogP contribution in [0.3, 0.4) is 0 Å². The Kier molecular flexibility index (Phi) is 4.64. The topological polar surface area (TPSA) is 105 Å². The molecule has 5 N–H and O–H groups in total. The molecule has 7 nitrogen and oxygen atoms in total. The molecule has 1 saturated heterocycles. The number of hydrogen-bond acceptors (Lipinski definition) is 5. The molecular formula is C14H21N5O2. The normalized spacial score (nSPS) is 17.3. The quantitative estimate of drug-likeness (QED) is 0.679. The summed E-state index contributed by atoms with van der Waals surface area (Å²) >= 11 is 0. The molecule has 0 radical (unpaired) electrons. The molecule has 1 aliphatic rings. The van der Waals surface area contributed by atoms with Gasteiger partial charge in [0, 0.05) is 37.6 Å². The van der Waals surface area contributed by atoms with Crippen LogP contribution in [0.15, 0.2) is 24.3 Å². The molecule has 7 heteroatoms. The summed E-state index contributed by atoms with van der Waals surface area (Å²) in [5.41, 5.74) is 12.5. The minimum Gasteiger partial charge on any atom is -0.399 e. The zero-order chi connectivity index (χ0) is 15.4. The molecule has 114 valence electrons. The molecular weight excluding hydrogens is 270 g/mol. The Labute approximate surface area is 123 Å². The van der Waals surface area contributed by atoms with E-state index in [1.807, 2.05) is 29.2 Å². The molecule has 1 aliphatic heterocycles.